The zero-order valence-electron chi connectivity index (χ0n) is 14.4. The van der Waals surface area contributed by atoms with Gasteiger partial charge in [-0.05, 0) is 18.2 Å². The van der Waals surface area contributed by atoms with Crippen molar-refractivity contribution in [2.24, 2.45) is 0 Å². The second-order valence-electron chi connectivity index (χ2n) is 6.01. The Kier molecular flexibility index (Phi) is 4.50. The standard InChI is InChI=1S/C20H19NO5/c1-23-12-15-14-5-2-3-6-16(14)26-19(15)20(22)21-13-7-8-17-18(11-13)25-10-4-9-24-17/h2-3,5-8,11H,4,9-10,12H2,1H3,(H,21,22). The topological polar surface area (TPSA) is 69.9 Å². The largest absolute Gasteiger partial charge is 0.490 e. The molecule has 0 saturated heterocycles. The van der Waals surface area contributed by atoms with Gasteiger partial charge in [-0.2, -0.15) is 0 Å². The van der Waals surface area contributed by atoms with Crippen molar-refractivity contribution in [2.45, 2.75) is 13.0 Å². The minimum Gasteiger partial charge on any atom is -0.490 e. The molecule has 6 nitrogen and oxygen atoms in total. The molecule has 3 aromatic rings. The van der Waals surface area contributed by atoms with Gasteiger partial charge in [-0.3, -0.25) is 4.79 Å². The zero-order chi connectivity index (χ0) is 17.9. The lowest BCUT2D eigenvalue weighted by Gasteiger charge is -2.10. The van der Waals surface area contributed by atoms with Gasteiger partial charge >= 0.3 is 0 Å². The number of hydrogen-bond donors (Lipinski definition) is 1. The van der Waals surface area contributed by atoms with Gasteiger partial charge in [-0.15, -0.1) is 0 Å². The van der Waals surface area contributed by atoms with Gasteiger partial charge in [0, 0.05) is 36.2 Å². The fourth-order valence-electron chi connectivity index (χ4n) is 3.00. The highest BCUT2D eigenvalue weighted by molar-refractivity contribution is 6.06. The van der Waals surface area contributed by atoms with E-state index in [4.69, 9.17) is 18.6 Å². The maximum Gasteiger partial charge on any atom is 0.291 e. The Hall–Kier alpha value is -2.99. The first-order valence-corrected chi connectivity index (χ1v) is 8.46. The number of hydrogen-bond acceptors (Lipinski definition) is 5. The highest BCUT2D eigenvalue weighted by atomic mass is 16.5. The van der Waals surface area contributed by atoms with E-state index in [1.54, 1.807) is 25.3 Å². The molecule has 1 amide bonds. The first-order chi connectivity index (χ1) is 12.8. The van der Waals surface area contributed by atoms with Crippen LogP contribution in [0.3, 0.4) is 0 Å². The van der Waals surface area contributed by atoms with E-state index in [-0.39, 0.29) is 11.7 Å². The third-order valence-corrected chi connectivity index (χ3v) is 4.20. The van der Waals surface area contributed by atoms with Crippen LogP contribution in [0.25, 0.3) is 11.0 Å². The molecule has 0 atom stereocenters. The third-order valence-electron chi connectivity index (χ3n) is 4.20. The molecular formula is C20H19NO5. The number of methoxy groups -OCH3 is 1. The average Bonchev–Trinajstić information content (AvgIpc) is 2.85. The molecule has 1 aliphatic rings. The second kappa shape index (κ2) is 7.09. The molecule has 2 heterocycles. The number of amides is 1. The van der Waals surface area contributed by atoms with Crippen LogP contribution in [0, 0.1) is 0 Å². The van der Waals surface area contributed by atoms with Gasteiger partial charge in [-0.25, -0.2) is 0 Å². The van der Waals surface area contributed by atoms with Gasteiger partial charge in [0.05, 0.1) is 19.8 Å². The molecule has 1 aromatic heterocycles. The molecule has 0 unspecified atom stereocenters. The van der Waals surface area contributed by atoms with E-state index < -0.39 is 0 Å². The molecule has 0 spiro atoms. The van der Waals surface area contributed by atoms with Crippen LogP contribution in [0.2, 0.25) is 0 Å². The smallest absolute Gasteiger partial charge is 0.291 e. The van der Waals surface area contributed by atoms with Crippen molar-refractivity contribution in [3.63, 3.8) is 0 Å². The van der Waals surface area contributed by atoms with Crippen LogP contribution in [0.5, 0.6) is 11.5 Å². The predicted molar refractivity (Wildman–Crippen MR) is 96.9 cm³/mol. The number of benzene rings is 2. The molecule has 6 heteroatoms. The predicted octanol–water partition coefficient (Wildman–Crippen LogP) is 3.99. The molecule has 1 aliphatic heterocycles. The number of fused-ring (bicyclic) bond motifs is 2. The van der Waals surface area contributed by atoms with Gasteiger partial charge in [-0.1, -0.05) is 18.2 Å². The summed E-state index contributed by atoms with van der Waals surface area (Å²) in [6.07, 6.45) is 0.829. The fourth-order valence-corrected chi connectivity index (χ4v) is 3.00. The minimum absolute atomic E-state index is 0.250. The van der Waals surface area contributed by atoms with E-state index in [0.29, 0.717) is 42.6 Å². The van der Waals surface area contributed by atoms with Gasteiger partial charge < -0.3 is 23.9 Å². The lowest BCUT2D eigenvalue weighted by molar-refractivity contribution is 0.0992. The van der Waals surface area contributed by atoms with Gasteiger partial charge in [0.25, 0.3) is 5.91 Å². The minimum atomic E-state index is -0.331. The van der Waals surface area contributed by atoms with Crippen molar-refractivity contribution in [1.82, 2.24) is 0 Å². The van der Waals surface area contributed by atoms with Crippen molar-refractivity contribution >= 4 is 22.6 Å². The molecule has 0 aliphatic carbocycles. The maximum absolute atomic E-state index is 12.8. The van der Waals surface area contributed by atoms with Crippen LogP contribution in [0.15, 0.2) is 46.9 Å². The lowest BCUT2D eigenvalue weighted by atomic mass is 10.1. The van der Waals surface area contributed by atoms with E-state index in [1.165, 1.54) is 0 Å². The Morgan fingerprint density at radius 3 is 2.77 bits per heavy atom. The molecule has 0 saturated carbocycles. The van der Waals surface area contributed by atoms with Crippen LogP contribution in [0.4, 0.5) is 5.69 Å². The number of furan rings is 1. The van der Waals surface area contributed by atoms with E-state index in [2.05, 4.69) is 5.32 Å². The van der Waals surface area contributed by atoms with E-state index in [0.717, 1.165) is 17.4 Å². The second-order valence-corrected chi connectivity index (χ2v) is 6.01. The monoisotopic (exact) mass is 353 g/mol. The van der Waals surface area contributed by atoms with Gasteiger partial charge in [0.15, 0.2) is 17.3 Å². The summed E-state index contributed by atoms with van der Waals surface area (Å²) in [6.45, 7) is 1.50. The van der Waals surface area contributed by atoms with Crippen molar-refractivity contribution < 1.29 is 23.4 Å². The quantitative estimate of drug-likeness (QED) is 0.768. The summed E-state index contributed by atoms with van der Waals surface area (Å²) < 4.78 is 22.3. The Labute approximate surface area is 150 Å². The molecule has 0 bridgehead atoms. The Balaban J connectivity index is 1.63. The Morgan fingerprint density at radius 2 is 1.92 bits per heavy atom. The van der Waals surface area contributed by atoms with Crippen LogP contribution in [-0.2, 0) is 11.3 Å². The first kappa shape index (κ1) is 16.5. The van der Waals surface area contributed by atoms with Crippen LogP contribution in [-0.4, -0.2) is 26.2 Å². The van der Waals surface area contributed by atoms with Gasteiger partial charge in [0.1, 0.15) is 5.58 Å². The summed E-state index contributed by atoms with van der Waals surface area (Å²) in [5.74, 6) is 1.23. The van der Waals surface area contributed by atoms with E-state index in [9.17, 15) is 4.79 Å². The number of nitrogens with one attached hydrogen (secondary N) is 1. The number of anilines is 1. The highest BCUT2D eigenvalue weighted by Gasteiger charge is 2.21. The Morgan fingerprint density at radius 1 is 1.12 bits per heavy atom. The zero-order valence-corrected chi connectivity index (χ0v) is 14.4. The summed E-state index contributed by atoms with van der Waals surface area (Å²) in [5, 5.41) is 3.74. The van der Waals surface area contributed by atoms with Crippen LogP contribution in [0.1, 0.15) is 22.5 Å². The number of rotatable bonds is 4. The summed E-state index contributed by atoms with van der Waals surface area (Å²) in [6, 6.07) is 12.9. The Bertz CT molecular complexity index is 947. The normalized spacial score (nSPS) is 13.4. The summed E-state index contributed by atoms with van der Waals surface area (Å²) in [5.41, 5.74) is 2.00. The van der Waals surface area contributed by atoms with Crippen molar-refractivity contribution in [1.29, 1.82) is 0 Å². The number of carbonyl (C=O) groups excluding carboxylic acids is 1. The van der Waals surface area contributed by atoms with E-state index >= 15 is 0 Å². The van der Waals surface area contributed by atoms with Crippen molar-refractivity contribution in [3.05, 3.63) is 53.8 Å². The molecule has 0 fully saturated rings. The summed E-state index contributed by atoms with van der Waals surface area (Å²) in [4.78, 5) is 12.8. The summed E-state index contributed by atoms with van der Waals surface area (Å²) >= 11 is 0. The van der Waals surface area contributed by atoms with Crippen molar-refractivity contribution in [2.75, 3.05) is 25.6 Å². The summed E-state index contributed by atoms with van der Waals surface area (Å²) in [7, 11) is 1.59. The SMILES string of the molecule is COCc1c(C(=O)Nc2ccc3c(c2)OCCCO3)oc2ccccc12. The van der Waals surface area contributed by atoms with Crippen LogP contribution >= 0.6 is 0 Å². The average molecular weight is 353 g/mol. The molecule has 4 rings (SSSR count). The fraction of sp³-hybridized carbons (Fsp3) is 0.250. The van der Waals surface area contributed by atoms with Crippen LogP contribution < -0.4 is 14.8 Å². The number of para-hydroxylation sites is 1. The lowest BCUT2D eigenvalue weighted by Crippen LogP contribution is -2.13. The molecule has 2 aromatic carbocycles. The molecule has 134 valence electrons. The molecule has 0 radical (unpaired) electrons. The highest BCUT2D eigenvalue weighted by Crippen LogP contribution is 2.33. The molecule has 1 N–H and O–H groups in total. The first-order valence-electron chi connectivity index (χ1n) is 8.46. The molecular weight excluding hydrogens is 334 g/mol. The number of ether oxygens (including phenoxy) is 3. The van der Waals surface area contributed by atoms with Crippen molar-refractivity contribution in [3.8, 4) is 11.5 Å². The molecule has 26 heavy (non-hydrogen) atoms. The number of carbonyl (C=O) groups is 1. The maximum atomic E-state index is 12.8. The third kappa shape index (κ3) is 3.11. The van der Waals surface area contributed by atoms with E-state index in [1.807, 2.05) is 24.3 Å². The van der Waals surface area contributed by atoms with Gasteiger partial charge in [0.2, 0.25) is 0 Å².